The molecule has 2 amide bonds. The maximum absolute atomic E-state index is 13.7. The second-order valence-electron chi connectivity index (χ2n) is 8.32. The molecule has 0 fully saturated rings. The molecule has 1 unspecified atom stereocenters. The first-order valence-electron chi connectivity index (χ1n) is 11.4. The van der Waals surface area contributed by atoms with Crippen LogP contribution in [0.4, 0.5) is 0 Å². The van der Waals surface area contributed by atoms with Gasteiger partial charge in [-0.1, -0.05) is 24.3 Å². The second-order valence-corrected chi connectivity index (χ2v) is 9.32. The molecule has 7 heteroatoms. The number of carbonyl (C=O) groups excluding carboxylic acids is 2. The van der Waals surface area contributed by atoms with Gasteiger partial charge in [-0.2, -0.15) is 0 Å². The van der Waals surface area contributed by atoms with Gasteiger partial charge < -0.3 is 19.3 Å². The van der Waals surface area contributed by atoms with E-state index >= 15 is 0 Å². The zero-order valence-corrected chi connectivity index (χ0v) is 20.9. The van der Waals surface area contributed by atoms with E-state index in [1.54, 1.807) is 48.7 Å². The van der Waals surface area contributed by atoms with Crippen molar-refractivity contribution in [3.05, 3.63) is 81.0 Å². The number of rotatable bonds is 7. The lowest BCUT2D eigenvalue weighted by Crippen LogP contribution is -2.46. The Hall–Kier alpha value is -3.32. The maximum Gasteiger partial charge on any atom is 0.254 e. The van der Waals surface area contributed by atoms with E-state index in [0.29, 0.717) is 30.2 Å². The highest BCUT2D eigenvalue weighted by Crippen LogP contribution is 2.39. The highest BCUT2D eigenvalue weighted by molar-refractivity contribution is 7.10. The van der Waals surface area contributed by atoms with Crippen molar-refractivity contribution in [2.45, 2.75) is 26.3 Å². The lowest BCUT2D eigenvalue weighted by molar-refractivity contribution is -0.134. The summed E-state index contributed by atoms with van der Waals surface area (Å²) in [7, 11) is 3.09. The predicted octanol–water partition coefficient (Wildman–Crippen LogP) is 4.71. The number of nitrogens with zero attached hydrogens (tertiary/aromatic N) is 2. The van der Waals surface area contributed by atoms with E-state index < -0.39 is 0 Å². The van der Waals surface area contributed by atoms with Crippen LogP contribution in [0.5, 0.6) is 11.5 Å². The second kappa shape index (κ2) is 10.3. The Bertz CT molecular complexity index is 1170. The largest absolute Gasteiger partial charge is 0.497 e. The molecular weight excluding hydrogens is 448 g/mol. The highest BCUT2D eigenvalue weighted by atomic mass is 32.1. The van der Waals surface area contributed by atoms with E-state index in [-0.39, 0.29) is 24.4 Å². The van der Waals surface area contributed by atoms with Crippen LogP contribution in [-0.4, -0.2) is 55.5 Å². The minimum absolute atomic E-state index is 0.0106. The molecule has 0 N–H and O–H groups in total. The number of methoxy groups -OCH3 is 2. The molecule has 6 nitrogen and oxygen atoms in total. The van der Waals surface area contributed by atoms with Gasteiger partial charge in [-0.3, -0.25) is 9.59 Å². The van der Waals surface area contributed by atoms with Crippen molar-refractivity contribution in [2.75, 3.05) is 33.9 Å². The Morgan fingerprint density at radius 1 is 1.06 bits per heavy atom. The van der Waals surface area contributed by atoms with Crippen molar-refractivity contribution in [2.24, 2.45) is 0 Å². The van der Waals surface area contributed by atoms with Crippen LogP contribution in [0.1, 0.15) is 44.9 Å². The number of benzene rings is 2. The number of carbonyl (C=O) groups is 2. The number of amides is 2. The topological polar surface area (TPSA) is 59.1 Å². The first kappa shape index (κ1) is 23.8. The Balaban J connectivity index is 1.61. The third-order valence-corrected chi connectivity index (χ3v) is 7.36. The van der Waals surface area contributed by atoms with E-state index in [9.17, 15) is 9.59 Å². The van der Waals surface area contributed by atoms with Gasteiger partial charge in [-0.15, -0.1) is 11.3 Å². The van der Waals surface area contributed by atoms with E-state index in [4.69, 9.17) is 9.47 Å². The van der Waals surface area contributed by atoms with Gasteiger partial charge in [-0.25, -0.2) is 0 Å². The monoisotopic (exact) mass is 478 g/mol. The normalized spacial score (nSPS) is 14.9. The van der Waals surface area contributed by atoms with Crippen LogP contribution in [0.2, 0.25) is 0 Å². The van der Waals surface area contributed by atoms with Crippen molar-refractivity contribution in [1.82, 2.24) is 9.80 Å². The van der Waals surface area contributed by atoms with Crippen LogP contribution in [0.3, 0.4) is 0 Å². The third kappa shape index (κ3) is 4.66. The standard InChI is InChI=1S/C27H30N2O4S/c1-5-28(27(31)19-14-20(32-3)16-21(15-19)33-4)17-25(30)29-12-10-24-23(11-13-34-24)26(29)22-9-7-6-8-18(22)2/h6-9,11,13-16,26H,5,10,12,17H2,1-4H3. The summed E-state index contributed by atoms with van der Waals surface area (Å²) in [4.78, 5) is 31.8. The first-order valence-corrected chi connectivity index (χ1v) is 12.3. The van der Waals surface area contributed by atoms with Crippen LogP contribution in [0.15, 0.2) is 53.9 Å². The number of hydrogen-bond acceptors (Lipinski definition) is 5. The molecule has 3 aromatic rings. The molecule has 0 saturated heterocycles. The van der Waals surface area contributed by atoms with Gasteiger partial charge in [-0.05, 0) is 60.5 Å². The molecule has 0 bridgehead atoms. The fourth-order valence-corrected chi connectivity index (χ4v) is 5.41. The van der Waals surface area contributed by atoms with E-state index in [2.05, 4.69) is 30.5 Å². The van der Waals surface area contributed by atoms with Crippen LogP contribution in [0, 0.1) is 6.92 Å². The molecule has 34 heavy (non-hydrogen) atoms. The van der Waals surface area contributed by atoms with Crippen LogP contribution >= 0.6 is 11.3 Å². The lowest BCUT2D eigenvalue weighted by Gasteiger charge is -2.38. The predicted molar refractivity (Wildman–Crippen MR) is 134 cm³/mol. The Kier molecular flexibility index (Phi) is 7.22. The SMILES string of the molecule is CCN(CC(=O)N1CCc2sccc2C1c1ccccc1C)C(=O)c1cc(OC)cc(OC)c1. The highest BCUT2D eigenvalue weighted by Gasteiger charge is 2.34. The van der Waals surface area contributed by atoms with Crippen molar-refractivity contribution in [1.29, 1.82) is 0 Å². The summed E-state index contributed by atoms with van der Waals surface area (Å²) in [6.45, 7) is 5.02. The molecular formula is C27H30N2O4S. The molecule has 0 saturated carbocycles. The van der Waals surface area contributed by atoms with Gasteiger partial charge in [0.2, 0.25) is 5.91 Å². The maximum atomic E-state index is 13.7. The minimum Gasteiger partial charge on any atom is -0.497 e. The summed E-state index contributed by atoms with van der Waals surface area (Å²) >= 11 is 1.74. The number of fused-ring (bicyclic) bond motifs is 1. The quantitative estimate of drug-likeness (QED) is 0.494. The smallest absolute Gasteiger partial charge is 0.254 e. The van der Waals surface area contributed by atoms with Gasteiger partial charge >= 0.3 is 0 Å². The minimum atomic E-state index is -0.228. The Labute approximate surface area is 204 Å². The number of thiophene rings is 1. The molecule has 2 heterocycles. The molecule has 1 aliphatic rings. The van der Waals surface area contributed by atoms with Crippen molar-refractivity contribution >= 4 is 23.2 Å². The number of likely N-dealkylation sites (N-methyl/N-ethyl adjacent to an activating group) is 1. The fourth-order valence-electron chi connectivity index (χ4n) is 4.51. The van der Waals surface area contributed by atoms with Crippen molar-refractivity contribution in [3.63, 3.8) is 0 Å². The number of aryl methyl sites for hydroxylation is 1. The Morgan fingerprint density at radius 2 is 1.76 bits per heavy atom. The summed E-state index contributed by atoms with van der Waals surface area (Å²) in [5, 5.41) is 2.10. The van der Waals surface area contributed by atoms with Gasteiger partial charge in [0.05, 0.1) is 20.3 Å². The zero-order chi connectivity index (χ0) is 24.2. The van der Waals surface area contributed by atoms with Gasteiger partial charge in [0.25, 0.3) is 5.91 Å². The third-order valence-electron chi connectivity index (χ3n) is 6.36. The Morgan fingerprint density at radius 3 is 2.41 bits per heavy atom. The molecule has 0 aliphatic carbocycles. The van der Waals surface area contributed by atoms with Gasteiger partial charge in [0, 0.05) is 29.6 Å². The number of ether oxygens (including phenoxy) is 2. The molecule has 0 radical (unpaired) electrons. The summed E-state index contributed by atoms with van der Waals surface area (Å²) in [6.07, 6.45) is 0.828. The molecule has 1 aliphatic heterocycles. The van der Waals surface area contributed by atoms with E-state index in [1.165, 1.54) is 10.4 Å². The molecule has 178 valence electrons. The average molecular weight is 479 g/mol. The summed E-state index contributed by atoms with van der Waals surface area (Å²) < 4.78 is 10.6. The van der Waals surface area contributed by atoms with E-state index in [1.807, 2.05) is 24.0 Å². The average Bonchev–Trinajstić information content (AvgIpc) is 3.35. The van der Waals surface area contributed by atoms with E-state index in [0.717, 1.165) is 17.5 Å². The van der Waals surface area contributed by atoms with Crippen LogP contribution < -0.4 is 9.47 Å². The molecule has 2 aromatic carbocycles. The lowest BCUT2D eigenvalue weighted by atomic mass is 9.90. The molecule has 1 atom stereocenters. The first-order chi connectivity index (χ1) is 16.5. The summed E-state index contributed by atoms with van der Waals surface area (Å²) in [5.41, 5.74) is 3.89. The number of hydrogen-bond donors (Lipinski definition) is 0. The van der Waals surface area contributed by atoms with Crippen LogP contribution in [-0.2, 0) is 11.2 Å². The zero-order valence-electron chi connectivity index (χ0n) is 20.0. The van der Waals surface area contributed by atoms with Gasteiger partial charge in [0.15, 0.2) is 0 Å². The van der Waals surface area contributed by atoms with Gasteiger partial charge in [0.1, 0.15) is 18.0 Å². The molecule has 0 spiro atoms. The summed E-state index contributed by atoms with van der Waals surface area (Å²) in [5.74, 6) is 0.778. The van der Waals surface area contributed by atoms with Crippen LogP contribution in [0.25, 0.3) is 0 Å². The fraction of sp³-hybridized carbons (Fsp3) is 0.333. The molecule has 1 aromatic heterocycles. The summed E-state index contributed by atoms with van der Waals surface area (Å²) in [6, 6.07) is 15.3. The molecule has 4 rings (SSSR count). The van der Waals surface area contributed by atoms with Crippen molar-refractivity contribution < 1.29 is 19.1 Å². The van der Waals surface area contributed by atoms with Crippen molar-refractivity contribution in [3.8, 4) is 11.5 Å².